The van der Waals surface area contributed by atoms with Crippen LogP contribution in [0.15, 0.2) is 15.5 Å². The fraction of sp³-hybridized carbons (Fsp3) is 0.714. The topological polar surface area (TPSA) is 46.9 Å². The predicted molar refractivity (Wildman–Crippen MR) is 81.5 cm³/mol. The first-order valence-electron chi connectivity index (χ1n) is 7.13. The zero-order valence-corrected chi connectivity index (χ0v) is 13.2. The Morgan fingerprint density at radius 2 is 2.21 bits per heavy atom. The third-order valence-corrected chi connectivity index (χ3v) is 4.89. The Labute approximate surface area is 122 Å². The van der Waals surface area contributed by atoms with Crippen LogP contribution in [-0.2, 0) is 6.54 Å². The Hall–Kier alpha value is -0.840. The Morgan fingerprint density at radius 3 is 2.89 bits per heavy atom. The van der Waals surface area contributed by atoms with Gasteiger partial charge in [0.25, 0.3) is 5.56 Å². The normalized spacial score (nSPS) is 23.3. The van der Waals surface area contributed by atoms with Crippen molar-refractivity contribution < 1.29 is 0 Å². The van der Waals surface area contributed by atoms with Crippen molar-refractivity contribution in [2.24, 2.45) is 11.8 Å². The van der Waals surface area contributed by atoms with Gasteiger partial charge in [-0.25, -0.2) is 4.68 Å². The van der Waals surface area contributed by atoms with Crippen LogP contribution < -0.4 is 10.9 Å². The van der Waals surface area contributed by atoms with E-state index in [1.807, 2.05) is 6.92 Å². The van der Waals surface area contributed by atoms with E-state index in [1.54, 1.807) is 6.20 Å². The third-order valence-electron chi connectivity index (χ3n) is 4.13. The summed E-state index contributed by atoms with van der Waals surface area (Å²) in [7, 11) is 0. The molecule has 1 aromatic heterocycles. The first-order valence-corrected chi connectivity index (χ1v) is 7.92. The van der Waals surface area contributed by atoms with Gasteiger partial charge in [0.2, 0.25) is 0 Å². The van der Waals surface area contributed by atoms with E-state index >= 15 is 0 Å². The highest BCUT2D eigenvalue weighted by Crippen LogP contribution is 2.30. The van der Waals surface area contributed by atoms with Crippen molar-refractivity contribution in [2.75, 3.05) is 11.9 Å². The van der Waals surface area contributed by atoms with E-state index in [0.717, 1.165) is 18.2 Å². The molecule has 0 bridgehead atoms. The Balaban J connectivity index is 2.03. The molecule has 2 rings (SSSR count). The van der Waals surface area contributed by atoms with E-state index in [4.69, 9.17) is 0 Å². The molecule has 5 heteroatoms. The number of halogens is 1. The highest BCUT2D eigenvalue weighted by molar-refractivity contribution is 9.10. The zero-order chi connectivity index (χ0) is 13.8. The SMILES string of the molecule is CCn1ncc(NCC2CCCCC2C)c(Br)c1=O. The fourth-order valence-corrected chi connectivity index (χ4v) is 3.20. The van der Waals surface area contributed by atoms with Crippen molar-refractivity contribution in [3.8, 4) is 0 Å². The lowest BCUT2D eigenvalue weighted by Crippen LogP contribution is -2.27. The minimum Gasteiger partial charge on any atom is -0.382 e. The molecule has 1 aromatic rings. The number of nitrogens with zero attached hydrogens (tertiary/aromatic N) is 2. The van der Waals surface area contributed by atoms with E-state index < -0.39 is 0 Å². The molecule has 0 amide bonds. The van der Waals surface area contributed by atoms with Crippen molar-refractivity contribution in [3.05, 3.63) is 21.0 Å². The summed E-state index contributed by atoms with van der Waals surface area (Å²) in [6, 6.07) is 0. The van der Waals surface area contributed by atoms with Crippen LogP contribution in [0.2, 0.25) is 0 Å². The molecule has 4 nitrogen and oxygen atoms in total. The smallest absolute Gasteiger partial charge is 0.283 e. The Bertz CT molecular complexity index is 486. The van der Waals surface area contributed by atoms with Crippen LogP contribution in [0.5, 0.6) is 0 Å². The maximum atomic E-state index is 11.9. The maximum Gasteiger partial charge on any atom is 0.283 e. The van der Waals surface area contributed by atoms with Crippen LogP contribution in [0, 0.1) is 11.8 Å². The van der Waals surface area contributed by atoms with Crippen LogP contribution in [0.3, 0.4) is 0 Å². The number of aromatic nitrogens is 2. The summed E-state index contributed by atoms with van der Waals surface area (Å²) in [4.78, 5) is 11.9. The van der Waals surface area contributed by atoms with Crippen molar-refractivity contribution in [1.29, 1.82) is 0 Å². The minimum absolute atomic E-state index is 0.0656. The van der Waals surface area contributed by atoms with Gasteiger partial charge < -0.3 is 5.32 Å². The summed E-state index contributed by atoms with van der Waals surface area (Å²) in [5.41, 5.74) is 0.747. The first-order chi connectivity index (χ1) is 9.13. The second-order valence-electron chi connectivity index (χ2n) is 5.40. The minimum atomic E-state index is -0.0656. The molecular formula is C14H22BrN3O. The summed E-state index contributed by atoms with van der Waals surface area (Å²) in [6.07, 6.45) is 7.03. The lowest BCUT2D eigenvalue weighted by atomic mass is 9.80. The number of rotatable bonds is 4. The van der Waals surface area contributed by atoms with Gasteiger partial charge in [0, 0.05) is 13.1 Å². The first kappa shape index (κ1) is 14.6. The van der Waals surface area contributed by atoms with E-state index in [0.29, 0.717) is 16.9 Å². The van der Waals surface area contributed by atoms with Gasteiger partial charge in [0.05, 0.1) is 11.9 Å². The van der Waals surface area contributed by atoms with Gasteiger partial charge in [0.15, 0.2) is 0 Å². The average molecular weight is 328 g/mol. The number of hydrogen-bond acceptors (Lipinski definition) is 3. The quantitative estimate of drug-likeness (QED) is 0.923. The second-order valence-corrected chi connectivity index (χ2v) is 6.19. The summed E-state index contributed by atoms with van der Waals surface area (Å²) in [6.45, 7) is 5.76. The zero-order valence-electron chi connectivity index (χ0n) is 11.7. The molecule has 0 saturated heterocycles. The molecule has 106 valence electrons. The van der Waals surface area contributed by atoms with Crippen molar-refractivity contribution >= 4 is 21.6 Å². The van der Waals surface area contributed by atoms with E-state index in [2.05, 4.69) is 33.3 Å². The van der Waals surface area contributed by atoms with Crippen molar-refractivity contribution in [3.63, 3.8) is 0 Å². The Kier molecular flexibility index (Phi) is 5.02. The van der Waals surface area contributed by atoms with Gasteiger partial charge in [-0.15, -0.1) is 0 Å². The number of anilines is 1. The van der Waals surface area contributed by atoms with Gasteiger partial charge >= 0.3 is 0 Å². The highest BCUT2D eigenvalue weighted by Gasteiger charge is 2.21. The number of nitrogens with one attached hydrogen (secondary N) is 1. The summed E-state index contributed by atoms with van der Waals surface area (Å²) in [5, 5.41) is 7.53. The molecule has 1 heterocycles. The largest absolute Gasteiger partial charge is 0.382 e. The average Bonchev–Trinajstić information content (AvgIpc) is 2.42. The molecule has 2 unspecified atom stereocenters. The van der Waals surface area contributed by atoms with Crippen LogP contribution >= 0.6 is 15.9 Å². The standard InChI is InChI=1S/C14H22BrN3O/c1-3-18-14(19)13(15)12(9-17-18)16-8-11-7-5-4-6-10(11)2/h9-11,16H,3-8H2,1-2H3. The molecule has 0 spiro atoms. The predicted octanol–water partition coefficient (Wildman–Crippen LogP) is 3.26. The lowest BCUT2D eigenvalue weighted by Gasteiger charge is -2.29. The van der Waals surface area contributed by atoms with Crippen LogP contribution in [-0.4, -0.2) is 16.3 Å². The van der Waals surface area contributed by atoms with Crippen LogP contribution in [0.4, 0.5) is 5.69 Å². The number of aryl methyl sites for hydroxylation is 1. The summed E-state index contributed by atoms with van der Waals surface area (Å²) < 4.78 is 2.05. The molecule has 19 heavy (non-hydrogen) atoms. The van der Waals surface area contributed by atoms with Gasteiger partial charge in [-0.3, -0.25) is 4.79 Å². The van der Waals surface area contributed by atoms with Crippen LogP contribution in [0.25, 0.3) is 0 Å². The maximum absolute atomic E-state index is 11.9. The molecule has 1 aliphatic carbocycles. The van der Waals surface area contributed by atoms with Crippen LogP contribution in [0.1, 0.15) is 39.5 Å². The van der Waals surface area contributed by atoms with Gasteiger partial charge in [-0.2, -0.15) is 5.10 Å². The molecule has 0 aliphatic heterocycles. The fourth-order valence-electron chi connectivity index (χ4n) is 2.75. The third kappa shape index (κ3) is 3.38. The molecular weight excluding hydrogens is 306 g/mol. The molecule has 1 fully saturated rings. The van der Waals surface area contributed by atoms with Gasteiger partial charge in [-0.05, 0) is 41.1 Å². The molecule has 1 aliphatic rings. The van der Waals surface area contributed by atoms with Gasteiger partial charge in [0.1, 0.15) is 4.47 Å². The molecule has 0 radical (unpaired) electrons. The molecule has 1 saturated carbocycles. The second kappa shape index (κ2) is 6.55. The van der Waals surface area contributed by atoms with E-state index in [1.165, 1.54) is 30.4 Å². The van der Waals surface area contributed by atoms with E-state index in [-0.39, 0.29) is 5.56 Å². The molecule has 0 aromatic carbocycles. The van der Waals surface area contributed by atoms with E-state index in [9.17, 15) is 4.79 Å². The molecule has 1 N–H and O–H groups in total. The Morgan fingerprint density at radius 1 is 1.47 bits per heavy atom. The summed E-state index contributed by atoms with van der Waals surface area (Å²) in [5.74, 6) is 1.47. The van der Waals surface area contributed by atoms with Crippen molar-refractivity contribution in [2.45, 2.75) is 46.1 Å². The van der Waals surface area contributed by atoms with Gasteiger partial charge in [-0.1, -0.05) is 26.2 Å². The number of hydrogen-bond donors (Lipinski definition) is 1. The highest BCUT2D eigenvalue weighted by atomic mass is 79.9. The monoisotopic (exact) mass is 327 g/mol. The van der Waals surface area contributed by atoms with Crippen molar-refractivity contribution in [1.82, 2.24) is 9.78 Å². The molecule has 2 atom stereocenters. The summed E-state index contributed by atoms with van der Waals surface area (Å²) >= 11 is 3.38. The lowest BCUT2D eigenvalue weighted by molar-refractivity contribution is 0.268.